The molecule has 94 valence electrons. The van der Waals surface area contributed by atoms with Crippen molar-refractivity contribution in [2.45, 2.75) is 19.4 Å². The van der Waals surface area contributed by atoms with Crippen LogP contribution in [0.4, 0.5) is 10.1 Å². The standard InChI is InChI=1S/C15H15ClFN/c1-11(9-12-5-2-3-8-15(12)17)18-14-7-4-6-13(16)10-14/h2-8,10-11,18H,9H2,1H3. The lowest BCUT2D eigenvalue weighted by molar-refractivity contribution is 0.601. The number of halogens is 2. The molecule has 1 unspecified atom stereocenters. The Hall–Kier alpha value is -1.54. The molecule has 0 amide bonds. The quantitative estimate of drug-likeness (QED) is 0.855. The van der Waals surface area contributed by atoms with E-state index >= 15 is 0 Å². The van der Waals surface area contributed by atoms with Gasteiger partial charge in [0, 0.05) is 16.8 Å². The van der Waals surface area contributed by atoms with Gasteiger partial charge < -0.3 is 5.32 Å². The van der Waals surface area contributed by atoms with Gasteiger partial charge in [-0.05, 0) is 43.2 Å². The number of anilines is 1. The van der Waals surface area contributed by atoms with Crippen molar-refractivity contribution in [3.8, 4) is 0 Å². The van der Waals surface area contributed by atoms with Crippen LogP contribution in [0.25, 0.3) is 0 Å². The lowest BCUT2D eigenvalue weighted by Crippen LogP contribution is -2.18. The van der Waals surface area contributed by atoms with E-state index in [0.29, 0.717) is 11.4 Å². The molecule has 1 nitrogen and oxygen atoms in total. The average molecular weight is 264 g/mol. The number of rotatable bonds is 4. The zero-order valence-electron chi connectivity index (χ0n) is 10.2. The maximum absolute atomic E-state index is 13.5. The first-order valence-corrected chi connectivity index (χ1v) is 6.28. The van der Waals surface area contributed by atoms with E-state index in [0.717, 1.165) is 11.3 Å². The summed E-state index contributed by atoms with van der Waals surface area (Å²) in [5.74, 6) is -0.155. The number of hydrogen-bond acceptors (Lipinski definition) is 1. The summed E-state index contributed by atoms with van der Waals surface area (Å²) in [6.45, 7) is 2.02. The van der Waals surface area contributed by atoms with Crippen LogP contribution in [0.5, 0.6) is 0 Å². The Labute approximate surface area is 112 Å². The molecule has 0 aliphatic carbocycles. The highest BCUT2D eigenvalue weighted by molar-refractivity contribution is 6.30. The van der Waals surface area contributed by atoms with Crippen LogP contribution in [0.1, 0.15) is 12.5 Å². The molecule has 0 aliphatic rings. The highest BCUT2D eigenvalue weighted by Gasteiger charge is 2.07. The third-order valence-electron chi connectivity index (χ3n) is 2.72. The molecular formula is C15H15ClFN. The molecule has 2 aromatic carbocycles. The lowest BCUT2D eigenvalue weighted by Gasteiger charge is -2.15. The molecule has 0 saturated carbocycles. The second-order valence-electron chi connectivity index (χ2n) is 4.35. The third-order valence-corrected chi connectivity index (χ3v) is 2.96. The van der Waals surface area contributed by atoms with Crippen LogP contribution in [-0.2, 0) is 6.42 Å². The van der Waals surface area contributed by atoms with E-state index in [1.54, 1.807) is 6.07 Å². The number of nitrogens with one attached hydrogen (secondary N) is 1. The fourth-order valence-corrected chi connectivity index (χ4v) is 2.10. The van der Waals surface area contributed by atoms with Crippen molar-refractivity contribution in [1.82, 2.24) is 0 Å². The van der Waals surface area contributed by atoms with Gasteiger partial charge in [-0.2, -0.15) is 0 Å². The summed E-state index contributed by atoms with van der Waals surface area (Å²) in [7, 11) is 0. The molecule has 0 fully saturated rings. The fourth-order valence-electron chi connectivity index (χ4n) is 1.91. The zero-order valence-corrected chi connectivity index (χ0v) is 10.9. The van der Waals surface area contributed by atoms with Gasteiger partial charge in [0.1, 0.15) is 5.82 Å². The first kappa shape index (κ1) is 12.9. The molecule has 1 N–H and O–H groups in total. The molecule has 0 spiro atoms. The highest BCUT2D eigenvalue weighted by atomic mass is 35.5. The Balaban J connectivity index is 2.01. The van der Waals surface area contributed by atoms with Gasteiger partial charge in [-0.25, -0.2) is 4.39 Å². The minimum atomic E-state index is -0.155. The average Bonchev–Trinajstić information content (AvgIpc) is 2.32. The largest absolute Gasteiger partial charge is 0.382 e. The van der Waals surface area contributed by atoms with Gasteiger partial charge in [0.25, 0.3) is 0 Å². The van der Waals surface area contributed by atoms with E-state index in [-0.39, 0.29) is 11.9 Å². The van der Waals surface area contributed by atoms with Crippen molar-refractivity contribution in [1.29, 1.82) is 0 Å². The van der Waals surface area contributed by atoms with E-state index < -0.39 is 0 Å². The monoisotopic (exact) mass is 263 g/mol. The summed E-state index contributed by atoms with van der Waals surface area (Å²) in [5, 5.41) is 4.00. The fraction of sp³-hybridized carbons (Fsp3) is 0.200. The molecule has 0 bridgehead atoms. The van der Waals surface area contributed by atoms with Crippen molar-refractivity contribution in [2.24, 2.45) is 0 Å². The normalized spacial score (nSPS) is 12.2. The Morgan fingerprint density at radius 3 is 2.67 bits per heavy atom. The molecule has 0 radical (unpaired) electrons. The summed E-state index contributed by atoms with van der Waals surface area (Å²) < 4.78 is 13.5. The highest BCUT2D eigenvalue weighted by Crippen LogP contribution is 2.17. The van der Waals surface area contributed by atoms with Crippen molar-refractivity contribution in [3.05, 3.63) is 64.9 Å². The van der Waals surface area contributed by atoms with Crippen molar-refractivity contribution < 1.29 is 4.39 Å². The summed E-state index contributed by atoms with van der Waals surface area (Å²) in [6, 6.07) is 14.5. The van der Waals surface area contributed by atoms with Gasteiger partial charge in [-0.1, -0.05) is 35.9 Å². The van der Waals surface area contributed by atoms with Crippen LogP contribution >= 0.6 is 11.6 Å². The van der Waals surface area contributed by atoms with Crippen molar-refractivity contribution in [3.63, 3.8) is 0 Å². The summed E-state index contributed by atoms with van der Waals surface area (Å²) in [5.41, 5.74) is 1.67. The van der Waals surface area contributed by atoms with E-state index in [4.69, 9.17) is 11.6 Å². The molecule has 2 rings (SSSR count). The van der Waals surface area contributed by atoms with Crippen LogP contribution < -0.4 is 5.32 Å². The molecule has 0 saturated heterocycles. The zero-order chi connectivity index (χ0) is 13.0. The lowest BCUT2D eigenvalue weighted by atomic mass is 10.1. The van der Waals surface area contributed by atoms with Crippen molar-refractivity contribution >= 4 is 17.3 Å². The predicted octanol–water partition coefficient (Wildman–Crippen LogP) is 4.52. The topological polar surface area (TPSA) is 12.0 Å². The maximum Gasteiger partial charge on any atom is 0.126 e. The SMILES string of the molecule is CC(Cc1ccccc1F)Nc1cccc(Cl)c1. The number of benzene rings is 2. The number of hydrogen-bond donors (Lipinski definition) is 1. The second kappa shape index (κ2) is 5.87. The molecule has 18 heavy (non-hydrogen) atoms. The van der Waals surface area contributed by atoms with Gasteiger partial charge in [0.2, 0.25) is 0 Å². The third kappa shape index (κ3) is 3.47. The van der Waals surface area contributed by atoms with Gasteiger partial charge in [0.15, 0.2) is 0 Å². The first-order valence-electron chi connectivity index (χ1n) is 5.90. The Kier molecular flexibility index (Phi) is 4.21. The Morgan fingerprint density at radius 1 is 1.17 bits per heavy atom. The molecule has 0 aromatic heterocycles. The molecule has 3 heteroatoms. The maximum atomic E-state index is 13.5. The van der Waals surface area contributed by atoms with Gasteiger partial charge in [-0.3, -0.25) is 0 Å². The molecule has 0 aliphatic heterocycles. The minimum absolute atomic E-state index is 0.139. The smallest absolute Gasteiger partial charge is 0.126 e. The predicted molar refractivity (Wildman–Crippen MR) is 74.6 cm³/mol. The summed E-state index contributed by atoms with van der Waals surface area (Å²) >= 11 is 5.91. The second-order valence-corrected chi connectivity index (χ2v) is 4.79. The Bertz CT molecular complexity index is 527. The van der Waals surface area contributed by atoms with Crippen LogP contribution in [0.15, 0.2) is 48.5 Å². The summed E-state index contributed by atoms with van der Waals surface area (Å²) in [4.78, 5) is 0. The first-order chi connectivity index (χ1) is 8.65. The molecule has 2 aromatic rings. The van der Waals surface area contributed by atoms with Gasteiger partial charge in [-0.15, -0.1) is 0 Å². The van der Waals surface area contributed by atoms with E-state index in [9.17, 15) is 4.39 Å². The van der Waals surface area contributed by atoms with Crippen LogP contribution in [0, 0.1) is 5.82 Å². The molecule has 0 heterocycles. The van der Waals surface area contributed by atoms with Crippen LogP contribution in [-0.4, -0.2) is 6.04 Å². The van der Waals surface area contributed by atoms with Gasteiger partial charge >= 0.3 is 0 Å². The van der Waals surface area contributed by atoms with Crippen LogP contribution in [0.3, 0.4) is 0 Å². The van der Waals surface area contributed by atoms with E-state index in [2.05, 4.69) is 5.32 Å². The van der Waals surface area contributed by atoms with Crippen molar-refractivity contribution in [2.75, 3.05) is 5.32 Å². The molecule has 1 atom stereocenters. The summed E-state index contributed by atoms with van der Waals surface area (Å²) in [6.07, 6.45) is 0.638. The minimum Gasteiger partial charge on any atom is -0.382 e. The van der Waals surface area contributed by atoms with E-state index in [1.165, 1.54) is 6.07 Å². The van der Waals surface area contributed by atoms with E-state index in [1.807, 2.05) is 43.3 Å². The molecular weight excluding hydrogens is 249 g/mol. The Morgan fingerprint density at radius 2 is 1.94 bits per heavy atom. The van der Waals surface area contributed by atoms with Crippen LogP contribution in [0.2, 0.25) is 5.02 Å². The van der Waals surface area contributed by atoms with Gasteiger partial charge in [0.05, 0.1) is 0 Å².